The number of halogens is 4. The van der Waals surface area contributed by atoms with Gasteiger partial charge in [0.1, 0.15) is 10.6 Å². The predicted octanol–water partition coefficient (Wildman–Crippen LogP) is 5.19. The Hall–Kier alpha value is -2.87. The molecular formula is C29H35ClF3N3O6S. The van der Waals surface area contributed by atoms with Crippen LogP contribution in [0.1, 0.15) is 55.5 Å². The molecule has 0 bridgehead atoms. The number of likely N-dealkylation sites (tertiary alicyclic amines) is 2. The summed E-state index contributed by atoms with van der Waals surface area (Å²) in [6, 6.07) is 11.6. The first kappa shape index (κ1) is 33.0. The van der Waals surface area contributed by atoms with Crippen molar-refractivity contribution in [2.45, 2.75) is 57.1 Å². The molecule has 43 heavy (non-hydrogen) atoms. The van der Waals surface area contributed by atoms with E-state index in [1.165, 1.54) is 6.07 Å². The molecule has 4 rings (SSSR count). The molecule has 1 spiro atoms. The lowest BCUT2D eigenvalue weighted by Gasteiger charge is -2.47. The fourth-order valence-corrected chi connectivity index (χ4v) is 6.67. The van der Waals surface area contributed by atoms with E-state index in [1.54, 1.807) is 4.90 Å². The lowest BCUT2D eigenvalue weighted by molar-refractivity contribution is -0.203. The van der Waals surface area contributed by atoms with Crippen molar-refractivity contribution in [2.75, 3.05) is 32.8 Å². The fourth-order valence-electron chi connectivity index (χ4n) is 5.36. The van der Waals surface area contributed by atoms with Crippen molar-refractivity contribution in [2.24, 2.45) is 11.3 Å². The number of carbonyl (C=O) groups excluding carboxylic acids is 2. The van der Waals surface area contributed by atoms with E-state index >= 15 is 0 Å². The van der Waals surface area contributed by atoms with Crippen molar-refractivity contribution in [3.63, 3.8) is 0 Å². The highest BCUT2D eigenvalue weighted by Gasteiger charge is 2.43. The number of amides is 1. The largest absolute Gasteiger partial charge is 0.493 e. The number of alkyl halides is 3. The summed E-state index contributed by atoms with van der Waals surface area (Å²) in [5.74, 6) is -1.82. The van der Waals surface area contributed by atoms with Crippen molar-refractivity contribution in [3.05, 3.63) is 58.6 Å². The second-order valence-corrected chi connectivity index (χ2v) is 13.5. The molecule has 0 aromatic heterocycles. The maximum atomic E-state index is 13.3. The maximum Gasteiger partial charge on any atom is 0.492 e. The van der Waals surface area contributed by atoms with Crippen molar-refractivity contribution < 1.29 is 40.8 Å². The van der Waals surface area contributed by atoms with Crippen LogP contribution in [-0.4, -0.2) is 69.1 Å². The Morgan fingerprint density at radius 3 is 2.28 bits per heavy atom. The Labute approximate surface area is 254 Å². The van der Waals surface area contributed by atoms with Crippen LogP contribution in [-0.2, 0) is 26.2 Å². The number of hydrogen-bond acceptors (Lipinski definition) is 7. The number of benzene rings is 2. The first-order valence-electron chi connectivity index (χ1n) is 14.0. The fraction of sp³-hybridized carbons (Fsp3) is 0.517. The molecule has 1 amide bonds. The maximum absolute atomic E-state index is 13.3. The number of rotatable bonds is 9. The predicted molar refractivity (Wildman–Crippen MR) is 153 cm³/mol. The van der Waals surface area contributed by atoms with Crippen LogP contribution in [0.25, 0.3) is 0 Å². The molecule has 2 aromatic carbocycles. The summed E-state index contributed by atoms with van der Waals surface area (Å²) < 4.78 is 68.2. The van der Waals surface area contributed by atoms with Gasteiger partial charge in [-0.1, -0.05) is 43.6 Å². The number of nitrogens with one attached hydrogen (secondary N) is 1. The highest BCUT2D eigenvalue weighted by molar-refractivity contribution is 7.89. The SMILES string of the molecule is CC(C)COc1ccccc1CN1CCC2(CC1)CCN(C(=O)c1ccc(Cl)c(S(=O)(=O)NOC(=O)C(F)(F)F)c1)CC2. The second kappa shape index (κ2) is 13.4. The topological polar surface area (TPSA) is 105 Å². The smallest absolute Gasteiger partial charge is 0.492 e. The van der Waals surface area contributed by atoms with Crippen LogP contribution >= 0.6 is 11.6 Å². The molecule has 0 unspecified atom stereocenters. The molecule has 2 aliphatic rings. The Morgan fingerprint density at radius 2 is 1.65 bits per heavy atom. The number of ether oxygens (including phenoxy) is 1. The third kappa shape index (κ3) is 8.40. The average Bonchev–Trinajstić information content (AvgIpc) is 2.96. The van der Waals surface area contributed by atoms with E-state index in [2.05, 4.69) is 29.7 Å². The first-order chi connectivity index (χ1) is 20.2. The molecule has 2 aliphatic heterocycles. The van der Waals surface area contributed by atoms with Gasteiger partial charge in [-0.3, -0.25) is 9.69 Å². The number of nitrogens with zero attached hydrogens (tertiary/aromatic N) is 2. The molecule has 2 heterocycles. The Bertz CT molecular complexity index is 1420. The normalized spacial score (nSPS) is 17.7. The summed E-state index contributed by atoms with van der Waals surface area (Å²) in [4.78, 5) is 32.3. The number of hydrogen-bond donors (Lipinski definition) is 1. The van der Waals surface area contributed by atoms with Gasteiger partial charge in [0.15, 0.2) is 0 Å². The quantitative estimate of drug-likeness (QED) is 0.374. The Kier molecular flexibility index (Phi) is 10.3. The molecule has 0 saturated carbocycles. The average molecular weight is 646 g/mol. The van der Waals surface area contributed by atoms with Crippen molar-refractivity contribution in [1.82, 2.24) is 14.7 Å². The van der Waals surface area contributed by atoms with E-state index in [0.29, 0.717) is 25.6 Å². The van der Waals surface area contributed by atoms with Crippen LogP contribution < -0.4 is 9.62 Å². The molecule has 14 heteroatoms. The standard InChI is InChI=1S/C29H35ClF3N3O6S/c1-20(2)19-41-24-6-4-3-5-22(24)18-35-13-9-28(10-14-35)11-15-36(16-12-28)26(37)21-7-8-23(30)25(17-21)43(39,40)34-42-27(38)29(31,32)33/h3-8,17,20,34H,9-16,18-19H2,1-2H3. The van der Waals surface area contributed by atoms with E-state index < -0.39 is 33.0 Å². The van der Waals surface area contributed by atoms with E-state index in [1.807, 2.05) is 18.2 Å². The number of piperidine rings is 2. The van der Waals surface area contributed by atoms with Crippen molar-refractivity contribution in [3.8, 4) is 5.75 Å². The van der Waals surface area contributed by atoms with Gasteiger partial charge in [0, 0.05) is 30.8 Å². The van der Waals surface area contributed by atoms with Gasteiger partial charge in [0.2, 0.25) is 0 Å². The summed E-state index contributed by atoms with van der Waals surface area (Å²) in [5, 5.41) is -0.356. The van der Waals surface area contributed by atoms with Crippen LogP contribution in [0, 0.1) is 11.3 Å². The number of carbonyl (C=O) groups is 2. The molecule has 2 fully saturated rings. The molecule has 2 aromatic rings. The molecular weight excluding hydrogens is 611 g/mol. The van der Waals surface area contributed by atoms with Gasteiger partial charge < -0.3 is 14.5 Å². The van der Waals surface area contributed by atoms with Crippen molar-refractivity contribution >= 4 is 33.5 Å². The highest BCUT2D eigenvalue weighted by Crippen LogP contribution is 2.42. The highest BCUT2D eigenvalue weighted by atomic mass is 35.5. The molecule has 0 atom stereocenters. The van der Waals surface area contributed by atoms with Crippen LogP contribution in [0.2, 0.25) is 5.02 Å². The van der Waals surface area contributed by atoms with Crippen LogP contribution in [0.15, 0.2) is 47.4 Å². The van der Waals surface area contributed by atoms with E-state index in [9.17, 15) is 31.2 Å². The summed E-state index contributed by atoms with van der Waals surface area (Å²) in [6.07, 6.45) is -1.81. The summed E-state index contributed by atoms with van der Waals surface area (Å²) >= 11 is 5.96. The van der Waals surface area contributed by atoms with Gasteiger partial charge in [-0.2, -0.15) is 13.2 Å². The lowest BCUT2D eigenvalue weighted by Crippen LogP contribution is -2.48. The van der Waals surface area contributed by atoms with Gasteiger partial charge in [-0.05, 0) is 79.3 Å². The van der Waals surface area contributed by atoms with E-state index in [0.717, 1.165) is 73.6 Å². The van der Waals surface area contributed by atoms with E-state index in [-0.39, 0.29) is 16.0 Å². The summed E-state index contributed by atoms with van der Waals surface area (Å²) in [7, 11) is -4.80. The third-order valence-electron chi connectivity index (χ3n) is 7.91. The zero-order valence-corrected chi connectivity index (χ0v) is 25.5. The minimum absolute atomic E-state index is 0.00366. The summed E-state index contributed by atoms with van der Waals surface area (Å²) in [6.45, 7) is 8.53. The van der Waals surface area contributed by atoms with Crippen LogP contribution in [0.3, 0.4) is 0 Å². The Balaban J connectivity index is 1.33. The second-order valence-electron chi connectivity index (χ2n) is 11.5. The molecule has 9 nitrogen and oxygen atoms in total. The molecule has 236 valence electrons. The zero-order chi connectivity index (χ0) is 31.4. The van der Waals surface area contributed by atoms with E-state index in [4.69, 9.17) is 16.3 Å². The summed E-state index contributed by atoms with van der Waals surface area (Å²) in [5.41, 5.74) is 1.27. The number of sulfonamides is 1. The lowest BCUT2D eigenvalue weighted by atomic mass is 9.71. The monoisotopic (exact) mass is 645 g/mol. The zero-order valence-electron chi connectivity index (χ0n) is 24.0. The van der Waals surface area contributed by atoms with Gasteiger partial charge in [-0.15, -0.1) is 0 Å². The van der Waals surface area contributed by atoms with Crippen molar-refractivity contribution in [1.29, 1.82) is 0 Å². The van der Waals surface area contributed by atoms with Gasteiger partial charge in [0.25, 0.3) is 15.9 Å². The van der Waals surface area contributed by atoms with Gasteiger partial charge in [0.05, 0.1) is 11.6 Å². The van der Waals surface area contributed by atoms with Crippen LogP contribution in [0.4, 0.5) is 13.2 Å². The van der Waals surface area contributed by atoms with Crippen LogP contribution in [0.5, 0.6) is 5.75 Å². The first-order valence-corrected chi connectivity index (χ1v) is 15.9. The number of para-hydroxylation sites is 1. The molecule has 2 saturated heterocycles. The third-order valence-corrected chi connectivity index (χ3v) is 9.57. The van der Waals surface area contributed by atoms with Gasteiger partial charge in [-0.25, -0.2) is 13.2 Å². The van der Waals surface area contributed by atoms with Gasteiger partial charge >= 0.3 is 12.1 Å². The molecule has 1 N–H and O–H groups in total. The minimum atomic E-state index is -5.40. The Morgan fingerprint density at radius 1 is 1.02 bits per heavy atom. The minimum Gasteiger partial charge on any atom is -0.493 e. The molecule has 0 radical (unpaired) electrons. The molecule has 0 aliphatic carbocycles.